The molecule has 2 aromatic rings. The molecule has 0 unspecified atom stereocenters. The summed E-state index contributed by atoms with van der Waals surface area (Å²) in [7, 11) is 3.19. The van der Waals surface area contributed by atoms with E-state index in [1.165, 1.54) is 0 Å². The third-order valence-electron chi connectivity index (χ3n) is 4.95. The van der Waals surface area contributed by atoms with Crippen LogP contribution >= 0.6 is 15.9 Å². The van der Waals surface area contributed by atoms with Crippen LogP contribution in [0.1, 0.15) is 31.2 Å². The second kappa shape index (κ2) is 7.48. The summed E-state index contributed by atoms with van der Waals surface area (Å²) >= 11 is 3.47. The van der Waals surface area contributed by atoms with Gasteiger partial charge < -0.3 is 14.8 Å². The van der Waals surface area contributed by atoms with E-state index in [1.807, 2.05) is 36.4 Å². The van der Waals surface area contributed by atoms with E-state index < -0.39 is 5.41 Å². The Morgan fingerprint density at radius 1 is 1.04 bits per heavy atom. The van der Waals surface area contributed by atoms with E-state index in [0.29, 0.717) is 17.2 Å². The maximum absolute atomic E-state index is 13.2. The van der Waals surface area contributed by atoms with Crippen molar-refractivity contribution in [3.8, 4) is 11.5 Å². The maximum Gasteiger partial charge on any atom is 0.235 e. The summed E-state index contributed by atoms with van der Waals surface area (Å²) in [6.45, 7) is 0. The van der Waals surface area contributed by atoms with Crippen LogP contribution in [-0.2, 0) is 10.2 Å². The summed E-state index contributed by atoms with van der Waals surface area (Å²) in [4.78, 5) is 13.2. The molecule has 1 fully saturated rings. The Balaban J connectivity index is 1.91. The van der Waals surface area contributed by atoms with Gasteiger partial charge >= 0.3 is 0 Å². The lowest BCUT2D eigenvalue weighted by molar-refractivity contribution is -0.121. The summed E-state index contributed by atoms with van der Waals surface area (Å²) in [5, 5.41) is 3.08. The Hall–Kier alpha value is -2.01. The molecule has 0 saturated heterocycles. The first kappa shape index (κ1) is 17.8. The highest BCUT2D eigenvalue weighted by Gasteiger charge is 2.42. The van der Waals surface area contributed by atoms with Gasteiger partial charge in [0.1, 0.15) is 11.5 Å². The molecule has 0 aliphatic heterocycles. The molecule has 1 saturated carbocycles. The standard InChI is InChI=1S/C20H22BrNO3/c1-24-16-9-10-17(18(13-16)25-2)22-19(23)20(11-3-4-12-20)14-5-7-15(21)8-6-14/h5-10,13H,3-4,11-12H2,1-2H3,(H,22,23). The molecule has 25 heavy (non-hydrogen) atoms. The molecular formula is C20H22BrNO3. The van der Waals surface area contributed by atoms with Crippen molar-refractivity contribution in [3.05, 3.63) is 52.5 Å². The van der Waals surface area contributed by atoms with Crippen molar-refractivity contribution in [2.24, 2.45) is 0 Å². The van der Waals surface area contributed by atoms with Crippen molar-refractivity contribution in [3.63, 3.8) is 0 Å². The van der Waals surface area contributed by atoms with Crippen LogP contribution in [0.15, 0.2) is 46.9 Å². The minimum absolute atomic E-state index is 0.0239. The number of amides is 1. The van der Waals surface area contributed by atoms with Gasteiger partial charge in [-0.3, -0.25) is 4.79 Å². The molecular weight excluding hydrogens is 382 g/mol. The molecule has 4 nitrogen and oxygen atoms in total. The predicted octanol–water partition coefficient (Wildman–Crippen LogP) is 4.92. The molecule has 0 radical (unpaired) electrons. The first-order valence-corrected chi connectivity index (χ1v) is 9.18. The normalized spacial score (nSPS) is 15.6. The van der Waals surface area contributed by atoms with Crippen molar-refractivity contribution in [1.29, 1.82) is 0 Å². The summed E-state index contributed by atoms with van der Waals surface area (Å²) in [6.07, 6.45) is 3.84. The minimum atomic E-state index is -0.481. The zero-order chi connectivity index (χ0) is 17.9. The predicted molar refractivity (Wildman–Crippen MR) is 102 cm³/mol. The number of benzene rings is 2. The third kappa shape index (κ3) is 3.52. The van der Waals surface area contributed by atoms with Gasteiger partial charge in [-0.05, 0) is 42.7 Å². The average Bonchev–Trinajstić information content (AvgIpc) is 3.13. The van der Waals surface area contributed by atoms with Gasteiger partial charge in [0.05, 0.1) is 25.3 Å². The zero-order valence-corrected chi connectivity index (χ0v) is 16.1. The first-order chi connectivity index (χ1) is 12.1. The van der Waals surface area contributed by atoms with Crippen LogP contribution < -0.4 is 14.8 Å². The Morgan fingerprint density at radius 3 is 2.32 bits per heavy atom. The number of hydrogen-bond acceptors (Lipinski definition) is 3. The molecule has 132 valence electrons. The fourth-order valence-electron chi connectivity index (χ4n) is 3.54. The van der Waals surface area contributed by atoms with E-state index in [0.717, 1.165) is 35.7 Å². The van der Waals surface area contributed by atoms with Gasteiger partial charge in [-0.2, -0.15) is 0 Å². The highest BCUT2D eigenvalue weighted by atomic mass is 79.9. The van der Waals surface area contributed by atoms with Gasteiger partial charge in [0.2, 0.25) is 5.91 Å². The average molecular weight is 404 g/mol. The van der Waals surface area contributed by atoms with Crippen LogP contribution in [-0.4, -0.2) is 20.1 Å². The minimum Gasteiger partial charge on any atom is -0.497 e. The zero-order valence-electron chi connectivity index (χ0n) is 14.5. The van der Waals surface area contributed by atoms with E-state index in [2.05, 4.69) is 21.2 Å². The molecule has 0 aromatic heterocycles. The molecule has 0 atom stereocenters. The fourth-order valence-corrected chi connectivity index (χ4v) is 3.80. The largest absolute Gasteiger partial charge is 0.497 e. The van der Waals surface area contributed by atoms with Crippen molar-refractivity contribution >= 4 is 27.5 Å². The van der Waals surface area contributed by atoms with Crippen LogP contribution in [0.25, 0.3) is 0 Å². The first-order valence-electron chi connectivity index (χ1n) is 8.38. The van der Waals surface area contributed by atoms with Gasteiger partial charge in [0.15, 0.2) is 0 Å². The molecule has 0 heterocycles. The van der Waals surface area contributed by atoms with E-state index >= 15 is 0 Å². The summed E-state index contributed by atoms with van der Waals surface area (Å²) in [5.41, 5.74) is 1.25. The molecule has 0 spiro atoms. The maximum atomic E-state index is 13.2. The number of halogens is 1. The van der Waals surface area contributed by atoms with Crippen LogP contribution in [0.4, 0.5) is 5.69 Å². The van der Waals surface area contributed by atoms with Crippen LogP contribution in [0, 0.1) is 0 Å². The molecule has 1 aliphatic rings. The van der Waals surface area contributed by atoms with E-state index in [4.69, 9.17) is 9.47 Å². The number of nitrogens with one attached hydrogen (secondary N) is 1. The topological polar surface area (TPSA) is 47.6 Å². The summed E-state index contributed by atoms with van der Waals surface area (Å²) < 4.78 is 11.6. The number of carbonyl (C=O) groups is 1. The quantitative estimate of drug-likeness (QED) is 0.770. The highest BCUT2D eigenvalue weighted by molar-refractivity contribution is 9.10. The second-order valence-corrected chi connectivity index (χ2v) is 7.23. The molecule has 0 bridgehead atoms. The lowest BCUT2D eigenvalue weighted by Crippen LogP contribution is -2.38. The van der Waals surface area contributed by atoms with Crippen LogP contribution in [0.5, 0.6) is 11.5 Å². The summed E-state index contributed by atoms with van der Waals surface area (Å²) in [5.74, 6) is 1.31. The van der Waals surface area contributed by atoms with Crippen molar-refractivity contribution in [1.82, 2.24) is 0 Å². The molecule has 3 rings (SSSR count). The van der Waals surface area contributed by atoms with Crippen molar-refractivity contribution in [2.75, 3.05) is 19.5 Å². The Bertz CT molecular complexity index is 752. The second-order valence-electron chi connectivity index (χ2n) is 6.32. The Kier molecular flexibility index (Phi) is 5.33. The van der Waals surface area contributed by atoms with Crippen molar-refractivity contribution in [2.45, 2.75) is 31.1 Å². The molecule has 1 N–H and O–H groups in total. The van der Waals surface area contributed by atoms with Gasteiger partial charge in [0, 0.05) is 10.5 Å². The summed E-state index contributed by atoms with van der Waals surface area (Å²) in [6, 6.07) is 13.5. The number of carbonyl (C=O) groups excluding carboxylic acids is 1. The molecule has 5 heteroatoms. The lowest BCUT2D eigenvalue weighted by Gasteiger charge is -2.29. The van der Waals surface area contributed by atoms with Crippen LogP contribution in [0.2, 0.25) is 0 Å². The number of rotatable bonds is 5. The SMILES string of the molecule is COc1ccc(NC(=O)C2(c3ccc(Br)cc3)CCCC2)c(OC)c1. The molecule has 2 aromatic carbocycles. The number of methoxy groups -OCH3 is 2. The van der Waals surface area contributed by atoms with Crippen LogP contribution in [0.3, 0.4) is 0 Å². The number of anilines is 1. The van der Waals surface area contributed by atoms with Gasteiger partial charge in [0.25, 0.3) is 0 Å². The Labute approximate surface area is 156 Å². The van der Waals surface area contributed by atoms with E-state index in [-0.39, 0.29) is 5.91 Å². The molecule has 1 aliphatic carbocycles. The van der Waals surface area contributed by atoms with Gasteiger partial charge in [-0.15, -0.1) is 0 Å². The monoisotopic (exact) mass is 403 g/mol. The number of hydrogen-bond donors (Lipinski definition) is 1. The van der Waals surface area contributed by atoms with E-state index in [9.17, 15) is 4.79 Å². The lowest BCUT2D eigenvalue weighted by atomic mass is 9.78. The highest BCUT2D eigenvalue weighted by Crippen LogP contribution is 2.43. The smallest absolute Gasteiger partial charge is 0.235 e. The number of ether oxygens (including phenoxy) is 2. The van der Waals surface area contributed by atoms with Gasteiger partial charge in [-0.1, -0.05) is 40.9 Å². The van der Waals surface area contributed by atoms with Gasteiger partial charge in [-0.25, -0.2) is 0 Å². The fraction of sp³-hybridized carbons (Fsp3) is 0.350. The third-order valence-corrected chi connectivity index (χ3v) is 5.47. The Morgan fingerprint density at radius 2 is 1.72 bits per heavy atom. The van der Waals surface area contributed by atoms with Crippen molar-refractivity contribution < 1.29 is 14.3 Å². The molecule has 1 amide bonds. The van der Waals surface area contributed by atoms with E-state index in [1.54, 1.807) is 20.3 Å².